The van der Waals surface area contributed by atoms with Gasteiger partial charge in [-0.3, -0.25) is 4.79 Å². The fraction of sp³-hybridized carbons (Fsp3) is 0.467. The van der Waals surface area contributed by atoms with Gasteiger partial charge in [0.15, 0.2) is 0 Å². The average molecular weight is 333 g/mol. The van der Waals surface area contributed by atoms with Crippen molar-refractivity contribution < 1.29 is 0 Å². The number of hydrogen-bond acceptors (Lipinski definition) is 6. The molecule has 8 heteroatoms. The van der Waals surface area contributed by atoms with Crippen molar-refractivity contribution in [1.29, 1.82) is 0 Å². The number of anilines is 2. The Morgan fingerprint density at radius 1 is 1.17 bits per heavy atom. The summed E-state index contributed by atoms with van der Waals surface area (Å²) in [5.41, 5.74) is 0.341. The van der Waals surface area contributed by atoms with Gasteiger partial charge in [0, 0.05) is 38.3 Å². The van der Waals surface area contributed by atoms with Crippen molar-refractivity contribution >= 4 is 23.1 Å². The molecule has 0 spiro atoms. The van der Waals surface area contributed by atoms with Gasteiger partial charge in [-0.2, -0.15) is 5.10 Å². The second-order valence-corrected chi connectivity index (χ2v) is 6.30. The Bertz CT molecular complexity index is 767. The fourth-order valence-electron chi connectivity index (χ4n) is 2.85. The highest BCUT2D eigenvalue weighted by Gasteiger charge is 2.27. The molecule has 1 aliphatic carbocycles. The first-order chi connectivity index (χ1) is 11.2. The molecule has 1 saturated heterocycles. The van der Waals surface area contributed by atoms with Crippen molar-refractivity contribution in [3.05, 3.63) is 39.7 Å². The van der Waals surface area contributed by atoms with E-state index in [0.29, 0.717) is 11.6 Å². The Kier molecular flexibility index (Phi) is 3.65. The summed E-state index contributed by atoms with van der Waals surface area (Å²) in [5.74, 6) is 2.50. The van der Waals surface area contributed by atoms with Crippen LogP contribution in [0.2, 0.25) is 5.02 Å². The Hall–Kier alpha value is -2.15. The van der Waals surface area contributed by atoms with Gasteiger partial charge in [-0.1, -0.05) is 11.6 Å². The lowest BCUT2D eigenvalue weighted by molar-refractivity contribution is 0.642. The summed E-state index contributed by atoms with van der Waals surface area (Å²) in [5, 5.41) is 6.38. The number of hydrogen-bond donors (Lipinski definition) is 1. The van der Waals surface area contributed by atoms with Crippen molar-refractivity contribution in [2.45, 2.75) is 18.8 Å². The minimum atomic E-state index is -0.350. The van der Waals surface area contributed by atoms with Gasteiger partial charge in [-0.15, -0.1) is 0 Å². The Labute approximate surface area is 138 Å². The van der Waals surface area contributed by atoms with E-state index >= 15 is 0 Å². The number of halogens is 1. The molecule has 0 radical (unpaired) electrons. The zero-order chi connectivity index (χ0) is 15.8. The Balaban J connectivity index is 1.47. The second kappa shape index (κ2) is 5.81. The number of piperazine rings is 1. The van der Waals surface area contributed by atoms with Crippen LogP contribution in [-0.4, -0.2) is 46.3 Å². The molecule has 1 N–H and O–H groups in total. The van der Waals surface area contributed by atoms with E-state index in [4.69, 9.17) is 16.6 Å². The lowest BCUT2D eigenvalue weighted by Gasteiger charge is -2.36. The van der Waals surface area contributed by atoms with Crippen LogP contribution >= 0.6 is 11.6 Å². The van der Waals surface area contributed by atoms with Crippen LogP contribution in [0.5, 0.6) is 0 Å². The summed E-state index contributed by atoms with van der Waals surface area (Å²) in [6, 6.07) is 1.96. The minimum Gasteiger partial charge on any atom is -0.365 e. The quantitative estimate of drug-likeness (QED) is 0.916. The molecule has 0 atom stereocenters. The highest BCUT2D eigenvalue weighted by atomic mass is 35.5. The summed E-state index contributed by atoms with van der Waals surface area (Å²) in [6.07, 6.45) is 5.85. The molecule has 2 aromatic rings. The highest BCUT2D eigenvalue weighted by Crippen LogP contribution is 2.38. The summed E-state index contributed by atoms with van der Waals surface area (Å²) >= 11 is 6.08. The number of nitrogens with one attached hydrogen (secondary N) is 1. The van der Waals surface area contributed by atoms with Crippen molar-refractivity contribution in [2.75, 3.05) is 36.0 Å². The van der Waals surface area contributed by atoms with E-state index < -0.39 is 0 Å². The molecule has 2 fully saturated rings. The first-order valence-electron chi connectivity index (χ1n) is 7.78. The van der Waals surface area contributed by atoms with Crippen molar-refractivity contribution in [1.82, 2.24) is 20.2 Å². The third-order valence-corrected chi connectivity index (χ3v) is 4.69. The van der Waals surface area contributed by atoms with Gasteiger partial charge in [0.2, 0.25) is 0 Å². The Morgan fingerprint density at radius 2 is 1.91 bits per heavy atom. The normalized spacial score (nSPS) is 18.3. The predicted molar refractivity (Wildman–Crippen MR) is 88.3 cm³/mol. The molecule has 0 aromatic carbocycles. The van der Waals surface area contributed by atoms with Gasteiger partial charge >= 0.3 is 0 Å². The molecule has 120 valence electrons. The Morgan fingerprint density at radius 3 is 2.65 bits per heavy atom. The number of rotatable bonds is 3. The molecule has 4 rings (SSSR count). The van der Waals surface area contributed by atoms with Gasteiger partial charge in [-0.25, -0.2) is 15.1 Å². The van der Waals surface area contributed by atoms with Crippen LogP contribution in [0.15, 0.2) is 23.3 Å². The molecule has 23 heavy (non-hydrogen) atoms. The predicted octanol–water partition coefficient (Wildman–Crippen LogP) is 1.42. The largest absolute Gasteiger partial charge is 0.365 e. The SMILES string of the molecule is O=c1[nH]ncc(N2CCN(c3ccnc(C4CC4)n3)CC2)c1Cl. The maximum atomic E-state index is 11.6. The van der Waals surface area contributed by atoms with Crippen molar-refractivity contribution in [3.8, 4) is 0 Å². The van der Waals surface area contributed by atoms with Crippen molar-refractivity contribution in [2.24, 2.45) is 0 Å². The third kappa shape index (κ3) is 2.88. The van der Waals surface area contributed by atoms with Crippen LogP contribution in [0.25, 0.3) is 0 Å². The van der Waals surface area contributed by atoms with Gasteiger partial charge in [0.05, 0.1) is 11.9 Å². The number of aromatic amines is 1. The third-order valence-electron chi connectivity index (χ3n) is 4.32. The van der Waals surface area contributed by atoms with Crippen LogP contribution in [-0.2, 0) is 0 Å². The molecule has 2 aliphatic rings. The maximum absolute atomic E-state index is 11.6. The van der Waals surface area contributed by atoms with E-state index in [2.05, 4.69) is 25.0 Å². The monoisotopic (exact) mass is 332 g/mol. The molecule has 1 saturated carbocycles. The van der Waals surface area contributed by atoms with Gasteiger partial charge < -0.3 is 9.80 Å². The highest BCUT2D eigenvalue weighted by molar-refractivity contribution is 6.33. The van der Waals surface area contributed by atoms with Gasteiger partial charge in [0.25, 0.3) is 5.56 Å². The number of nitrogens with zero attached hydrogens (tertiary/aromatic N) is 5. The summed E-state index contributed by atoms with van der Waals surface area (Å²) < 4.78 is 0. The van der Waals surface area contributed by atoms with E-state index in [-0.39, 0.29) is 10.6 Å². The molecule has 0 amide bonds. The van der Waals surface area contributed by atoms with Crippen LogP contribution in [0.1, 0.15) is 24.6 Å². The van der Waals surface area contributed by atoms with Gasteiger partial charge in [-0.05, 0) is 18.9 Å². The number of H-pyrrole nitrogens is 1. The summed E-state index contributed by atoms with van der Waals surface area (Å²) in [7, 11) is 0. The lowest BCUT2D eigenvalue weighted by atomic mass is 10.2. The molecule has 7 nitrogen and oxygen atoms in total. The van der Waals surface area contributed by atoms with Crippen LogP contribution in [0.3, 0.4) is 0 Å². The summed E-state index contributed by atoms with van der Waals surface area (Å²) in [4.78, 5) is 25.0. The van der Waals surface area contributed by atoms with Crippen LogP contribution < -0.4 is 15.4 Å². The molecule has 0 bridgehead atoms. The van der Waals surface area contributed by atoms with Crippen LogP contribution in [0, 0.1) is 0 Å². The average Bonchev–Trinajstić information content (AvgIpc) is 3.43. The standard InChI is InChI=1S/C15H17ClN6O/c16-13-11(9-18-20-15(13)23)21-5-7-22(8-6-21)12-3-4-17-14(19-12)10-1-2-10/h3-4,9-10H,1-2,5-8H2,(H,20,23). The molecule has 2 aromatic heterocycles. The van der Waals surface area contributed by atoms with E-state index in [9.17, 15) is 4.79 Å². The van der Waals surface area contributed by atoms with Gasteiger partial charge in [0.1, 0.15) is 16.7 Å². The molecule has 1 aliphatic heterocycles. The molecular formula is C15H17ClN6O. The second-order valence-electron chi connectivity index (χ2n) is 5.92. The first kappa shape index (κ1) is 14.4. The van der Waals surface area contributed by atoms with E-state index in [1.54, 1.807) is 6.20 Å². The molecule has 3 heterocycles. The first-order valence-corrected chi connectivity index (χ1v) is 8.16. The van der Waals surface area contributed by atoms with E-state index in [1.165, 1.54) is 12.8 Å². The molecule has 0 unspecified atom stereocenters. The van der Waals surface area contributed by atoms with Crippen molar-refractivity contribution in [3.63, 3.8) is 0 Å². The van der Waals surface area contributed by atoms with E-state index in [1.807, 2.05) is 12.3 Å². The maximum Gasteiger partial charge on any atom is 0.285 e. The topological polar surface area (TPSA) is 78.0 Å². The van der Waals surface area contributed by atoms with E-state index in [0.717, 1.165) is 37.8 Å². The van der Waals surface area contributed by atoms with Crippen LogP contribution in [0.4, 0.5) is 11.5 Å². The lowest BCUT2D eigenvalue weighted by Crippen LogP contribution is -2.47. The fourth-order valence-corrected chi connectivity index (χ4v) is 3.06. The summed E-state index contributed by atoms with van der Waals surface area (Å²) in [6.45, 7) is 3.19. The zero-order valence-corrected chi connectivity index (χ0v) is 13.3. The smallest absolute Gasteiger partial charge is 0.285 e. The molecular weight excluding hydrogens is 316 g/mol. The minimum absolute atomic E-state index is 0.200. The zero-order valence-electron chi connectivity index (χ0n) is 12.6. The number of aromatic nitrogens is 4.